The molecule has 0 bridgehead atoms. The Morgan fingerprint density at radius 1 is 1.17 bits per heavy atom. The van der Waals surface area contributed by atoms with E-state index in [9.17, 15) is 8.78 Å². The summed E-state index contributed by atoms with van der Waals surface area (Å²) in [5, 5.41) is 3.32. The molecule has 1 aromatic rings. The van der Waals surface area contributed by atoms with Crippen LogP contribution in [0.1, 0.15) is 52.1 Å². The van der Waals surface area contributed by atoms with E-state index in [0.29, 0.717) is 11.5 Å². The molecule has 1 nitrogen and oxygen atoms in total. The van der Waals surface area contributed by atoms with Gasteiger partial charge in [-0.3, -0.25) is 0 Å². The van der Waals surface area contributed by atoms with Crippen LogP contribution in [0.15, 0.2) is 18.2 Å². The summed E-state index contributed by atoms with van der Waals surface area (Å²) in [5.74, 6) is -0.112. The molecule has 102 valence electrons. The second-order valence-corrected chi connectivity index (χ2v) is 5.20. The molecule has 18 heavy (non-hydrogen) atoms. The Morgan fingerprint density at radius 2 is 1.83 bits per heavy atom. The largest absolute Gasteiger partial charge is 0.308 e. The Kier molecular flexibility index (Phi) is 5.73. The third-order valence-electron chi connectivity index (χ3n) is 3.41. The highest BCUT2D eigenvalue weighted by Crippen LogP contribution is 2.20. The van der Waals surface area contributed by atoms with Gasteiger partial charge in [0.25, 0.3) is 0 Å². The monoisotopic (exact) mass is 255 g/mol. The third-order valence-corrected chi connectivity index (χ3v) is 3.41. The lowest BCUT2D eigenvalue weighted by Crippen LogP contribution is -2.30. The molecular formula is C15H23F2N. The van der Waals surface area contributed by atoms with Crippen LogP contribution in [0.2, 0.25) is 0 Å². The first-order valence-corrected chi connectivity index (χ1v) is 6.65. The van der Waals surface area contributed by atoms with Crippen LogP contribution in [0.4, 0.5) is 8.78 Å². The van der Waals surface area contributed by atoms with Gasteiger partial charge in [-0.25, -0.2) is 8.78 Å². The minimum absolute atomic E-state index is 0.181. The first-order valence-electron chi connectivity index (χ1n) is 6.65. The minimum Gasteiger partial charge on any atom is -0.308 e. The number of nitrogens with one attached hydrogen (secondary N) is 1. The topological polar surface area (TPSA) is 12.0 Å². The lowest BCUT2D eigenvalue weighted by Gasteiger charge is -2.23. The number of benzene rings is 1. The van der Waals surface area contributed by atoms with Gasteiger partial charge in [-0.2, -0.15) is 0 Å². The van der Waals surface area contributed by atoms with Gasteiger partial charge in [0.15, 0.2) is 0 Å². The van der Waals surface area contributed by atoms with Gasteiger partial charge >= 0.3 is 0 Å². The van der Waals surface area contributed by atoms with Crippen molar-refractivity contribution >= 4 is 0 Å². The van der Waals surface area contributed by atoms with E-state index in [-0.39, 0.29) is 17.9 Å². The first kappa shape index (κ1) is 15.1. The van der Waals surface area contributed by atoms with Gasteiger partial charge in [0.05, 0.1) is 0 Å². The molecule has 0 aliphatic carbocycles. The molecule has 1 N–H and O–H groups in total. The minimum atomic E-state index is -0.394. The molecule has 0 aliphatic heterocycles. The van der Waals surface area contributed by atoms with Crippen molar-refractivity contribution in [3.63, 3.8) is 0 Å². The van der Waals surface area contributed by atoms with Crippen LogP contribution in [0.3, 0.4) is 0 Å². The Bertz CT molecular complexity index is 379. The van der Waals surface area contributed by atoms with Gasteiger partial charge in [-0.05, 0) is 44.4 Å². The molecule has 1 aromatic carbocycles. The summed E-state index contributed by atoms with van der Waals surface area (Å²) < 4.78 is 26.7. The van der Waals surface area contributed by atoms with Crippen LogP contribution in [-0.2, 0) is 0 Å². The summed E-state index contributed by atoms with van der Waals surface area (Å²) in [6.07, 6.45) is 2.17. The van der Waals surface area contributed by atoms with Crippen LogP contribution >= 0.6 is 0 Å². The van der Waals surface area contributed by atoms with Crippen molar-refractivity contribution in [3.05, 3.63) is 35.4 Å². The zero-order valence-corrected chi connectivity index (χ0v) is 11.6. The van der Waals surface area contributed by atoms with Gasteiger partial charge in [0.2, 0.25) is 0 Å². The van der Waals surface area contributed by atoms with Crippen molar-refractivity contribution in [2.75, 3.05) is 0 Å². The van der Waals surface area contributed by atoms with Crippen LogP contribution in [0.5, 0.6) is 0 Å². The van der Waals surface area contributed by atoms with E-state index in [1.165, 1.54) is 12.1 Å². The summed E-state index contributed by atoms with van der Waals surface area (Å²) >= 11 is 0. The number of hydrogen-bond acceptors (Lipinski definition) is 1. The van der Waals surface area contributed by atoms with E-state index in [1.807, 2.05) is 6.92 Å². The van der Waals surface area contributed by atoms with E-state index < -0.39 is 5.82 Å². The molecule has 0 saturated heterocycles. The average Bonchev–Trinajstić information content (AvgIpc) is 2.31. The average molecular weight is 255 g/mol. The standard InChI is InChI=1S/C15H23F2N/c1-5-10(2)8-11(3)18-12(4)14-9-13(16)6-7-15(14)17/h6-7,9-12,18H,5,8H2,1-4H3. The second kappa shape index (κ2) is 6.83. The zero-order chi connectivity index (χ0) is 13.7. The van der Waals surface area contributed by atoms with Gasteiger partial charge in [-0.1, -0.05) is 20.3 Å². The van der Waals surface area contributed by atoms with Gasteiger partial charge in [0.1, 0.15) is 11.6 Å². The van der Waals surface area contributed by atoms with E-state index in [1.54, 1.807) is 0 Å². The van der Waals surface area contributed by atoms with E-state index in [4.69, 9.17) is 0 Å². The smallest absolute Gasteiger partial charge is 0.128 e. The molecule has 0 amide bonds. The summed E-state index contributed by atoms with van der Waals surface area (Å²) in [4.78, 5) is 0. The van der Waals surface area contributed by atoms with Crippen molar-refractivity contribution in [3.8, 4) is 0 Å². The first-order chi connectivity index (χ1) is 8.43. The van der Waals surface area contributed by atoms with Crippen molar-refractivity contribution in [2.24, 2.45) is 5.92 Å². The highest BCUT2D eigenvalue weighted by Gasteiger charge is 2.15. The third kappa shape index (κ3) is 4.37. The quantitative estimate of drug-likeness (QED) is 0.792. The van der Waals surface area contributed by atoms with Crippen molar-refractivity contribution < 1.29 is 8.78 Å². The lowest BCUT2D eigenvalue weighted by molar-refractivity contribution is 0.380. The van der Waals surface area contributed by atoms with Crippen LogP contribution in [0, 0.1) is 17.6 Å². The highest BCUT2D eigenvalue weighted by molar-refractivity contribution is 5.21. The molecule has 0 aliphatic rings. The number of halogens is 2. The second-order valence-electron chi connectivity index (χ2n) is 5.20. The summed E-state index contributed by atoms with van der Waals surface area (Å²) in [7, 11) is 0. The molecule has 1 rings (SSSR count). The molecule has 0 spiro atoms. The normalized spacial score (nSPS) is 16.3. The van der Waals surface area contributed by atoms with E-state index >= 15 is 0 Å². The van der Waals surface area contributed by atoms with Crippen molar-refractivity contribution in [1.82, 2.24) is 5.32 Å². The molecule has 3 unspecified atom stereocenters. The Labute approximate surface area is 109 Å². The molecule has 3 atom stereocenters. The zero-order valence-electron chi connectivity index (χ0n) is 11.6. The summed E-state index contributed by atoms with van der Waals surface area (Å²) in [6.45, 7) is 8.31. The summed E-state index contributed by atoms with van der Waals surface area (Å²) in [6, 6.07) is 3.71. The Morgan fingerprint density at radius 3 is 2.44 bits per heavy atom. The van der Waals surface area contributed by atoms with Crippen molar-refractivity contribution in [2.45, 2.75) is 52.6 Å². The molecular weight excluding hydrogens is 232 g/mol. The van der Waals surface area contributed by atoms with E-state index in [0.717, 1.165) is 18.9 Å². The van der Waals surface area contributed by atoms with Gasteiger partial charge < -0.3 is 5.32 Å². The predicted octanol–water partition coefficient (Wildman–Crippen LogP) is 4.44. The Balaban J connectivity index is 2.64. The van der Waals surface area contributed by atoms with Gasteiger partial charge in [-0.15, -0.1) is 0 Å². The van der Waals surface area contributed by atoms with E-state index in [2.05, 4.69) is 26.1 Å². The van der Waals surface area contributed by atoms with Crippen LogP contribution < -0.4 is 5.32 Å². The lowest BCUT2D eigenvalue weighted by atomic mass is 9.99. The summed E-state index contributed by atoms with van der Waals surface area (Å²) in [5.41, 5.74) is 0.394. The fourth-order valence-electron chi connectivity index (χ4n) is 2.20. The molecule has 0 radical (unpaired) electrons. The molecule has 0 saturated carbocycles. The van der Waals surface area contributed by atoms with Crippen LogP contribution in [-0.4, -0.2) is 6.04 Å². The maximum Gasteiger partial charge on any atom is 0.128 e. The fourth-order valence-corrected chi connectivity index (χ4v) is 2.20. The maximum absolute atomic E-state index is 13.6. The van der Waals surface area contributed by atoms with Crippen LogP contribution in [0.25, 0.3) is 0 Å². The fraction of sp³-hybridized carbons (Fsp3) is 0.600. The Hall–Kier alpha value is -0.960. The molecule has 3 heteroatoms. The SMILES string of the molecule is CCC(C)CC(C)NC(C)c1cc(F)ccc1F. The molecule has 0 aromatic heterocycles. The van der Waals surface area contributed by atoms with Crippen molar-refractivity contribution in [1.29, 1.82) is 0 Å². The number of hydrogen-bond donors (Lipinski definition) is 1. The van der Waals surface area contributed by atoms with Gasteiger partial charge in [0, 0.05) is 17.6 Å². The maximum atomic E-state index is 13.6. The highest BCUT2D eigenvalue weighted by atomic mass is 19.1. The number of rotatable bonds is 6. The molecule has 0 fully saturated rings. The predicted molar refractivity (Wildman–Crippen MR) is 71.4 cm³/mol. The molecule has 0 heterocycles.